The second kappa shape index (κ2) is 5.83. The van der Waals surface area contributed by atoms with Crippen molar-refractivity contribution in [1.29, 1.82) is 0 Å². The Balaban J connectivity index is 1.53. The number of benzene rings is 1. The lowest BCUT2D eigenvalue weighted by Gasteiger charge is -2.30. The SMILES string of the molecule is Cc1ccc(-c2nnc([C@@H](C)N3CCn4c(C)nnc4C3)o2)cc1. The Labute approximate surface area is 140 Å². The van der Waals surface area contributed by atoms with Crippen molar-refractivity contribution in [1.82, 2.24) is 29.9 Å². The van der Waals surface area contributed by atoms with Gasteiger partial charge in [0.2, 0.25) is 11.8 Å². The molecule has 0 spiro atoms. The van der Waals surface area contributed by atoms with Gasteiger partial charge >= 0.3 is 0 Å². The van der Waals surface area contributed by atoms with Gasteiger partial charge in [-0.2, -0.15) is 0 Å². The zero-order valence-corrected chi connectivity index (χ0v) is 14.1. The lowest BCUT2D eigenvalue weighted by atomic mass is 10.1. The topological polar surface area (TPSA) is 72.9 Å². The Kier molecular flexibility index (Phi) is 3.65. The molecule has 0 unspecified atom stereocenters. The van der Waals surface area contributed by atoms with Gasteiger partial charge in [-0.15, -0.1) is 20.4 Å². The lowest BCUT2D eigenvalue weighted by molar-refractivity contribution is 0.142. The maximum Gasteiger partial charge on any atom is 0.247 e. The highest BCUT2D eigenvalue weighted by Crippen LogP contribution is 2.26. The van der Waals surface area contributed by atoms with E-state index < -0.39 is 0 Å². The molecule has 1 atom stereocenters. The Morgan fingerprint density at radius 2 is 1.79 bits per heavy atom. The zero-order chi connectivity index (χ0) is 16.7. The van der Waals surface area contributed by atoms with Gasteiger partial charge in [0.25, 0.3) is 0 Å². The zero-order valence-electron chi connectivity index (χ0n) is 14.1. The van der Waals surface area contributed by atoms with E-state index in [9.17, 15) is 0 Å². The van der Waals surface area contributed by atoms with Crippen LogP contribution in [0.1, 0.15) is 36.1 Å². The number of rotatable bonds is 3. The molecule has 3 heterocycles. The normalized spacial score (nSPS) is 16.1. The van der Waals surface area contributed by atoms with Crippen LogP contribution in [0.4, 0.5) is 0 Å². The number of aryl methyl sites for hydroxylation is 2. The Hall–Kier alpha value is -2.54. The third-order valence-electron chi connectivity index (χ3n) is 4.61. The number of hydrogen-bond donors (Lipinski definition) is 0. The quantitative estimate of drug-likeness (QED) is 0.737. The van der Waals surface area contributed by atoms with Gasteiger partial charge in [-0.25, -0.2) is 0 Å². The highest BCUT2D eigenvalue weighted by molar-refractivity contribution is 5.52. The van der Waals surface area contributed by atoms with Crippen LogP contribution < -0.4 is 0 Å². The molecule has 1 aromatic carbocycles. The first-order chi connectivity index (χ1) is 11.6. The van der Waals surface area contributed by atoms with E-state index >= 15 is 0 Å². The first-order valence-corrected chi connectivity index (χ1v) is 8.15. The fourth-order valence-electron chi connectivity index (χ4n) is 3.02. The molecule has 124 valence electrons. The van der Waals surface area contributed by atoms with Crippen LogP contribution in [0.15, 0.2) is 28.7 Å². The molecule has 7 heteroatoms. The summed E-state index contributed by atoms with van der Waals surface area (Å²) in [7, 11) is 0. The van der Waals surface area contributed by atoms with Gasteiger partial charge in [0.05, 0.1) is 12.6 Å². The highest BCUT2D eigenvalue weighted by Gasteiger charge is 2.27. The van der Waals surface area contributed by atoms with E-state index in [-0.39, 0.29) is 6.04 Å². The first-order valence-electron chi connectivity index (χ1n) is 8.15. The van der Waals surface area contributed by atoms with Crippen molar-refractivity contribution in [3.63, 3.8) is 0 Å². The summed E-state index contributed by atoms with van der Waals surface area (Å²) in [6.45, 7) is 8.67. The van der Waals surface area contributed by atoms with Gasteiger partial charge in [0.1, 0.15) is 11.6 Å². The van der Waals surface area contributed by atoms with Gasteiger partial charge in [-0.1, -0.05) is 17.7 Å². The van der Waals surface area contributed by atoms with E-state index in [0.29, 0.717) is 11.8 Å². The van der Waals surface area contributed by atoms with Crippen molar-refractivity contribution in [2.75, 3.05) is 6.54 Å². The minimum absolute atomic E-state index is 0.0439. The number of nitrogens with zero attached hydrogens (tertiary/aromatic N) is 6. The molecular formula is C17H20N6O. The smallest absolute Gasteiger partial charge is 0.247 e. The standard InChI is InChI=1S/C17H20N6O/c1-11-4-6-14(7-5-11)17-21-20-16(24-17)12(2)22-8-9-23-13(3)18-19-15(23)10-22/h4-7,12H,8-10H2,1-3H3/t12-/m1/s1. The molecule has 1 aliphatic rings. The molecule has 0 saturated carbocycles. The Bertz CT molecular complexity index is 850. The van der Waals surface area contributed by atoms with E-state index in [1.54, 1.807) is 0 Å². The predicted molar refractivity (Wildman–Crippen MR) is 88.1 cm³/mol. The van der Waals surface area contributed by atoms with Crippen molar-refractivity contribution in [2.24, 2.45) is 0 Å². The molecule has 0 radical (unpaired) electrons. The van der Waals surface area contributed by atoms with E-state index in [0.717, 1.165) is 36.8 Å². The monoisotopic (exact) mass is 324 g/mol. The predicted octanol–water partition coefficient (Wildman–Crippen LogP) is 2.52. The van der Waals surface area contributed by atoms with Crippen LogP contribution in [0.25, 0.3) is 11.5 Å². The van der Waals surface area contributed by atoms with Crippen LogP contribution in [-0.4, -0.2) is 36.4 Å². The van der Waals surface area contributed by atoms with Crippen LogP contribution in [0, 0.1) is 13.8 Å². The van der Waals surface area contributed by atoms with Gasteiger partial charge in [0, 0.05) is 18.7 Å². The van der Waals surface area contributed by atoms with Gasteiger partial charge in [-0.05, 0) is 32.9 Å². The first kappa shape index (κ1) is 15.0. The molecule has 0 amide bonds. The molecule has 24 heavy (non-hydrogen) atoms. The molecule has 0 N–H and O–H groups in total. The van der Waals surface area contributed by atoms with Crippen molar-refractivity contribution in [3.05, 3.63) is 47.4 Å². The summed E-state index contributed by atoms with van der Waals surface area (Å²) in [5.41, 5.74) is 2.15. The summed E-state index contributed by atoms with van der Waals surface area (Å²) in [6, 6.07) is 8.14. The van der Waals surface area contributed by atoms with E-state index in [2.05, 4.69) is 43.7 Å². The largest absolute Gasteiger partial charge is 0.419 e. The van der Waals surface area contributed by atoms with Gasteiger partial charge in [0.15, 0.2) is 0 Å². The van der Waals surface area contributed by atoms with Crippen LogP contribution in [0.2, 0.25) is 0 Å². The molecule has 1 aliphatic heterocycles. The molecule has 0 aliphatic carbocycles. The van der Waals surface area contributed by atoms with Crippen LogP contribution >= 0.6 is 0 Å². The minimum Gasteiger partial charge on any atom is -0.419 e. The fourth-order valence-corrected chi connectivity index (χ4v) is 3.02. The van der Waals surface area contributed by atoms with Crippen LogP contribution in [0.5, 0.6) is 0 Å². The number of aromatic nitrogens is 5. The average Bonchev–Trinajstić information content (AvgIpc) is 3.22. The molecule has 0 bridgehead atoms. The summed E-state index contributed by atoms with van der Waals surface area (Å²) in [5, 5.41) is 16.9. The Morgan fingerprint density at radius 3 is 2.58 bits per heavy atom. The molecule has 7 nitrogen and oxygen atoms in total. The fraction of sp³-hybridized carbons (Fsp3) is 0.412. The third-order valence-corrected chi connectivity index (χ3v) is 4.61. The highest BCUT2D eigenvalue weighted by atomic mass is 16.4. The maximum atomic E-state index is 5.91. The van der Waals surface area contributed by atoms with Crippen LogP contribution in [0.3, 0.4) is 0 Å². The van der Waals surface area contributed by atoms with Crippen molar-refractivity contribution >= 4 is 0 Å². The summed E-state index contributed by atoms with van der Waals surface area (Å²) in [6.07, 6.45) is 0. The van der Waals surface area contributed by atoms with Crippen molar-refractivity contribution in [3.8, 4) is 11.5 Å². The second-order valence-corrected chi connectivity index (χ2v) is 6.27. The van der Waals surface area contributed by atoms with Crippen molar-refractivity contribution in [2.45, 2.75) is 39.9 Å². The van der Waals surface area contributed by atoms with E-state index in [4.69, 9.17) is 4.42 Å². The summed E-state index contributed by atoms with van der Waals surface area (Å²) >= 11 is 0. The second-order valence-electron chi connectivity index (χ2n) is 6.27. The number of hydrogen-bond acceptors (Lipinski definition) is 6. The summed E-state index contributed by atoms with van der Waals surface area (Å²) < 4.78 is 8.07. The molecule has 2 aromatic heterocycles. The molecular weight excluding hydrogens is 304 g/mol. The average molecular weight is 324 g/mol. The van der Waals surface area contributed by atoms with Gasteiger partial charge in [-0.3, -0.25) is 4.90 Å². The Morgan fingerprint density at radius 1 is 1.00 bits per heavy atom. The molecule has 0 saturated heterocycles. The lowest BCUT2D eigenvalue weighted by Crippen LogP contribution is -2.36. The summed E-state index contributed by atoms with van der Waals surface area (Å²) in [4.78, 5) is 2.29. The van der Waals surface area contributed by atoms with Crippen LogP contribution in [-0.2, 0) is 13.1 Å². The molecule has 4 rings (SSSR count). The third kappa shape index (κ3) is 2.60. The molecule has 0 fully saturated rings. The van der Waals surface area contributed by atoms with E-state index in [1.165, 1.54) is 5.56 Å². The maximum absolute atomic E-state index is 5.91. The number of fused-ring (bicyclic) bond motifs is 1. The van der Waals surface area contributed by atoms with E-state index in [1.807, 2.05) is 31.2 Å². The summed E-state index contributed by atoms with van der Waals surface area (Å²) in [5.74, 6) is 3.16. The minimum atomic E-state index is 0.0439. The van der Waals surface area contributed by atoms with Gasteiger partial charge < -0.3 is 8.98 Å². The molecule has 3 aromatic rings. The van der Waals surface area contributed by atoms with Crippen molar-refractivity contribution < 1.29 is 4.42 Å².